The van der Waals surface area contributed by atoms with Gasteiger partial charge in [0.1, 0.15) is 12.4 Å². The van der Waals surface area contributed by atoms with E-state index in [4.69, 9.17) is 10.5 Å². The van der Waals surface area contributed by atoms with E-state index in [1.807, 2.05) is 60.7 Å². The fraction of sp³-hybridized carbons (Fsp3) is 0.0500. The van der Waals surface area contributed by atoms with Crippen LogP contribution in [0.2, 0.25) is 0 Å². The van der Waals surface area contributed by atoms with Crippen LogP contribution >= 0.6 is 0 Å². The SMILES string of the molecule is N#Cc1cc(N)ccc1-c1ccccc1OCc1ccccc1. The zero-order valence-electron chi connectivity index (χ0n) is 12.6. The second kappa shape index (κ2) is 6.67. The fourth-order valence-corrected chi connectivity index (χ4v) is 2.44. The van der Waals surface area contributed by atoms with Crippen molar-refractivity contribution in [2.45, 2.75) is 6.61 Å². The number of benzene rings is 3. The maximum atomic E-state index is 9.36. The predicted molar refractivity (Wildman–Crippen MR) is 91.8 cm³/mol. The Morgan fingerprint density at radius 3 is 2.39 bits per heavy atom. The van der Waals surface area contributed by atoms with Crippen molar-refractivity contribution in [3.63, 3.8) is 0 Å². The maximum Gasteiger partial charge on any atom is 0.127 e. The first kappa shape index (κ1) is 14.7. The number of ether oxygens (including phenoxy) is 1. The molecule has 0 unspecified atom stereocenters. The molecule has 112 valence electrons. The topological polar surface area (TPSA) is 59.0 Å². The zero-order chi connectivity index (χ0) is 16.1. The first-order valence-corrected chi connectivity index (χ1v) is 7.33. The minimum atomic E-state index is 0.481. The second-order valence-electron chi connectivity index (χ2n) is 5.19. The molecule has 0 spiro atoms. The van der Waals surface area contributed by atoms with Crippen molar-refractivity contribution >= 4 is 5.69 Å². The molecule has 2 N–H and O–H groups in total. The van der Waals surface area contributed by atoms with Crippen LogP contribution in [0.5, 0.6) is 5.75 Å². The molecule has 0 aliphatic carbocycles. The number of anilines is 1. The Balaban J connectivity index is 1.94. The van der Waals surface area contributed by atoms with Gasteiger partial charge in [0.2, 0.25) is 0 Å². The van der Waals surface area contributed by atoms with Gasteiger partial charge in [-0.1, -0.05) is 54.6 Å². The number of nitriles is 1. The smallest absolute Gasteiger partial charge is 0.127 e. The van der Waals surface area contributed by atoms with E-state index in [9.17, 15) is 5.26 Å². The van der Waals surface area contributed by atoms with Gasteiger partial charge in [-0.05, 0) is 23.8 Å². The van der Waals surface area contributed by atoms with E-state index in [0.29, 0.717) is 17.9 Å². The van der Waals surface area contributed by atoms with Gasteiger partial charge in [0.15, 0.2) is 0 Å². The third-order valence-electron chi connectivity index (χ3n) is 3.58. The van der Waals surface area contributed by atoms with Crippen molar-refractivity contribution in [1.82, 2.24) is 0 Å². The first-order valence-electron chi connectivity index (χ1n) is 7.33. The molecule has 0 saturated carbocycles. The molecular weight excluding hydrogens is 284 g/mol. The van der Waals surface area contributed by atoms with Gasteiger partial charge in [-0.25, -0.2) is 0 Å². The predicted octanol–water partition coefficient (Wildman–Crippen LogP) is 4.39. The summed E-state index contributed by atoms with van der Waals surface area (Å²) in [6.45, 7) is 0.481. The first-order chi connectivity index (χ1) is 11.3. The van der Waals surface area contributed by atoms with Crippen molar-refractivity contribution in [1.29, 1.82) is 5.26 Å². The van der Waals surface area contributed by atoms with Crippen molar-refractivity contribution in [2.24, 2.45) is 0 Å². The van der Waals surface area contributed by atoms with Gasteiger partial charge in [0.05, 0.1) is 11.6 Å². The molecule has 3 nitrogen and oxygen atoms in total. The van der Waals surface area contributed by atoms with Crippen LogP contribution in [-0.4, -0.2) is 0 Å². The van der Waals surface area contributed by atoms with E-state index in [2.05, 4.69) is 6.07 Å². The Hall–Kier alpha value is -3.25. The number of para-hydroxylation sites is 1. The highest BCUT2D eigenvalue weighted by Crippen LogP contribution is 2.33. The monoisotopic (exact) mass is 300 g/mol. The third kappa shape index (κ3) is 3.33. The zero-order valence-corrected chi connectivity index (χ0v) is 12.6. The minimum Gasteiger partial charge on any atom is -0.488 e. The highest BCUT2D eigenvalue weighted by atomic mass is 16.5. The molecule has 3 aromatic carbocycles. The van der Waals surface area contributed by atoms with E-state index in [0.717, 1.165) is 22.4 Å². The summed E-state index contributed by atoms with van der Waals surface area (Å²) < 4.78 is 5.97. The Kier molecular flexibility index (Phi) is 4.26. The minimum absolute atomic E-state index is 0.481. The molecular formula is C20H16N2O. The summed E-state index contributed by atoms with van der Waals surface area (Å²) in [6, 6.07) is 25.2. The van der Waals surface area contributed by atoms with E-state index >= 15 is 0 Å². The Labute approximate surface area is 135 Å². The number of hydrogen-bond acceptors (Lipinski definition) is 3. The van der Waals surface area contributed by atoms with Gasteiger partial charge < -0.3 is 10.5 Å². The summed E-state index contributed by atoms with van der Waals surface area (Å²) >= 11 is 0. The molecule has 0 aliphatic heterocycles. The lowest BCUT2D eigenvalue weighted by Crippen LogP contribution is -1.97. The molecule has 0 radical (unpaired) electrons. The van der Waals surface area contributed by atoms with Crippen molar-refractivity contribution in [3.8, 4) is 22.9 Å². The normalized spacial score (nSPS) is 10.0. The summed E-state index contributed by atoms with van der Waals surface area (Å²) in [5.41, 5.74) is 9.70. The fourth-order valence-electron chi connectivity index (χ4n) is 2.44. The summed E-state index contributed by atoms with van der Waals surface area (Å²) in [5.74, 6) is 0.748. The molecule has 0 amide bonds. The third-order valence-corrected chi connectivity index (χ3v) is 3.58. The number of nitrogens with zero attached hydrogens (tertiary/aromatic N) is 1. The maximum absolute atomic E-state index is 9.36. The van der Waals surface area contributed by atoms with Crippen LogP contribution < -0.4 is 10.5 Å². The number of rotatable bonds is 4. The largest absolute Gasteiger partial charge is 0.488 e. The average molecular weight is 300 g/mol. The van der Waals surface area contributed by atoms with Crippen LogP contribution in [0.25, 0.3) is 11.1 Å². The summed E-state index contributed by atoms with van der Waals surface area (Å²) in [6.07, 6.45) is 0. The highest BCUT2D eigenvalue weighted by Gasteiger charge is 2.11. The molecule has 0 heterocycles. The van der Waals surface area contributed by atoms with Gasteiger partial charge in [-0.2, -0.15) is 5.26 Å². The van der Waals surface area contributed by atoms with Gasteiger partial charge in [-0.15, -0.1) is 0 Å². The summed E-state index contributed by atoms with van der Waals surface area (Å²) in [7, 11) is 0. The second-order valence-corrected chi connectivity index (χ2v) is 5.19. The van der Waals surface area contributed by atoms with Crippen LogP contribution in [0.1, 0.15) is 11.1 Å². The van der Waals surface area contributed by atoms with Crippen LogP contribution in [-0.2, 0) is 6.61 Å². The molecule has 0 bridgehead atoms. The Bertz CT molecular complexity index is 851. The average Bonchev–Trinajstić information content (AvgIpc) is 2.61. The van der Waals surface area contributed by atoms with E-state index in [1.165, 1.54) is 0 Å². The van der Waals surface area contributed by atoms with Crippen molar-refractivity contribution < 1.29 is 4.74 Å². The Morgan fingerprint density at radius 1 is 0.870 bits per heavy atom. The van der Waals surface area contributed by atoms with Gasteiger partial charge >= 0.3 is 0 Å². The number of nitrogens with two attached hydrogens (primary N) is 1. The molecule has 0 saturated heterocycles. The Morgan fingerprint density at radius 2 is 1.61 bits per heavy atom. The lowest BCUT2D eigenvalue weighted by molar-refractivity contribution is 0.307. The molecule has 3 aromatic rings. The van der Waals surface area contributed by atoms with Crippen LogP contribution in [0.3, 0.4) is 0 Å². The molecule has 0 atom stereocenters. The molecule has 23 heavy (non-hydrogen) atoms. The van der Waals surface area contributed by atoms with Crippen LogP contribution in [0.4, 0.5) is 5.69 Å². The number of hydrogen-bond donors (Lipinski definition) is 1. The molecule has 0 aromatic heterocycles. The van der Waals surface area contributed by atoms with Gasteiger partial charge in [-0.3, -0.25) is 0 Å². The van der Waals surface area contributed by atoms with Gasteiger partial charge in [0, 0.05) is 16.8 Å². The molecule has 0 fully saturated rings. The highest BCUT2D eigenvalue weighted by molar-refractivity contribution is 5.77. The molecule has 3 heteroatoms. The quantitative estimate of drug-likeness (QED) is 0.727. The number of nitrogen functional groups attached to an aromatic ring is 1. The van der Waals surface area contributed by atoms with Crippen molar-refractivity contribution in [3.05, 3.63) is 83.9 Å². The van der Waals surface area contributed by atoms with Gasteiger partial charge in [0.25, 0.3) is 0 Å². The standard InChI is InChI=1S/C20H16N2O/c21-13-16-12-17(22)10-11-18(16)19-8-4-5-9-20(19)23-14-15-6-2-1-3-7-15/h1-12H,14,22H2. The lowest BCUT2D eigenvalue weighted by Gasteiger charge is -2.13. The van der Waals surface area contributed by atoms with Crippen LogP contribution in [0, 0.1) is 11.3 Å². The summed E-state index contributed by atoms with van der Waals surface area (Å²) in [4.78, 5) is 0. The van der Waals surface area contributed by atoms with E-state index in [-0.39, 0.29) is 0 Å². The van der Waals surface area contributed by atoms with E-state index in [1.54, 1.807) is 12.1 Å². The van der Waals surface area contributed by atoms with E-state index < -0.39 is 0 Å². The summed E-state index contributed by atoms with van der Waals surface area (Å²) in [5, 5.41) is 9.36. The molecule has 3 rings (SSSR count). The lowest BCUT2D eigenvalue weighted by atomic mass is 9.99. The van der Waals surface area contributed by atoms with Crippen molar-refractivity contribution in [2.75, 3.05) is 5.73 Å². The van der Waals surface area contributed by atoms with Crippen LogP contribution in [0.15, 0.2) is 72.8 Å². The molecule has 0 aliphatic rings.